The Hall–Kier alpha value is -1.41. The molecular formula is C12H13O3P. The fraction of sp³-hybridized carbons (Fsp3) is 0. The maximum atomic E-state index is 9.88. The maximum absolute atomic E-state index is 9.88. The summed E-state index contributed by atoms with van der Waals surface area (Å²) >= 11 is 0. The minimum atomic E-state index is -3.86. The van der Waals surface area contributed by atoms with Crippen molar-refractivity contribution in [2.45, 2.75) is 0 Å². The molecule has 16 heavy (non-hydrogen) atoms. The first-order valence-corrected chi connectivity index (χ1v) is 6.67. The summed E-state index contributed by atoms with van der Waals surface area (Å²) in [6, 6.07) is 12.9. The third-order valence-corrected chi connectivity index (χ3v) is 4.02. The van der Waals surface area contributed by atoms with E-state index in [2.05, 4.69) is 6.58 Å². The Kier molecular flexibility index (Phi) is 2.92. The molecule has 0 heterocycles. The van der Waals surface area contributed by atoms with Crippen LogP contribution in [0.4, 0.5) is 0 Å². The molecule has 0 aliphatic carbocycles. The number of fused-ring (bicyclic) bond motifs is 1. The van der Waals surface area contributed by atoms with Crippen LogP contribution < -0.4 is 5.30 Å². The van der Waals surface area contributed by atoms with Crippen LogP contribution in [0.15, 0.2) is 55.3 Å². The molecule has 2 aromatic carbocycles. The van der Waals surface area contributed by atoms with Gasteiger partial charge in [0, 0.05) is 0 Å². The minimum absolute atomic E-state index is 0.436. The summed E-state index contributed by atoms with van der Waals surface area (Å²) in [4.78, 5) is 19.8. The number of hydrogen-bond acceptors (Lipinski definition) is 3. The molecule has 0 bridgehead atoms. The van der Waals surface area contributed by atoms with Crippen LogP contribution in [-0.2, 0) is 4.52 Å². The fourth-order valence-electron chi connectivity index (χ4n) is 1.69. The fourth-order valence-corrected chi connectivity index (χ4v) is 2.94. The molecule has 0 unspecified atom stereocenters. The van der Waals surface area contributed by atoms with Crippen LogP contribution in [0.3, 0.4) is 0 Å². The molecule has 0 atom stereocenters. The van der Waals surface area contributed by atoms with Gasteiger partial charge in [-0.3, -0.25) is 0 Å². The van der Waals surface area contributed by atoms with Crippen molar-refractivity contribution in [2.24, 2.45) is 0 Å². The Bertz CT molecular complexity index is 517. The Morgan fingerprint density at radius 2 is 1.75 bits per heavy atom. The zero-order valence-electron chi connectivity index (χ0n) is 8.63. The van der Waals surface area contributed by atoms with E-state index in [-0.39, 0.29) is 0 Å². The first kappa shape index (κ1) is 11.1. The van der Waals surface area contributed by atoms with Crippen molar-refractivity contribution < 1.29 is 14.3 Å². The standard InChI is InChI=1S/C12H13O3P/c1-2-15-16(13,14)12-9-5-7-10-6-3-4-8-11(10)12/h2-9,13-14,16H,1H2. The van der Waals surface area contributed by atoms with Crippen LogP contribution in [0.1, 0.15) is 0 Å². The second-order valence-corrected chi connectivity index (χ2v) is 5.41. The van der Waals surface area contributed by atoms with Crippen LogP contribution in [0.25, 0.3) is 10.8 Å². The molecular weight excluding hydrogens is 223 g/mol. The molecule has 84 valence electrons. The van der Waals surface area contributed by atoms with E-state index in [1.807, 2.05) is 30.3 Å². The average molecular weight is 236 g/mol. The van der Waals surface area contributed by atoms with E-state index in [1.54, 1.807) is 12.1 Å². The van der Waals surface area contributed by atoms with Gasteiger partial charge in [-0.2, -0.15) is 0 Å². The molecule has 2 aromatic rings. The first-order valence-electron chi connectivity index (χ1n) is 4.87. The van der Waals surface area contributed by atoms with Gasteiger partial charge in [-0.25, -0.2) is 0 Å². The van der Waals surface area contributed by atoms with Crippen LogP contribution in [0.5, 0.6) is 0 Å². The van der Waals surface area contributed by atoms with Crippen molar-refractivity contribution in [3.05, 3.63) is 55.3 Å². The van der Waals surface area contributed by atoms with Crippen molar-refractivity contribution in [2.75, 3.05) is 0 Å². The van der Waals surface area contributed by atoms with E-state index in [4.69, 9.17) is 4.52 Å². The first-order chi connectivity index (χ1) is 7.65. The van der Waals surface area contributed by atoms with Crippen molar-refractivity contribution in [3.63, 3.8) is 0 Å². The van der Waals surface area contributed by atoms with Crippen molar-refractivity contribution >= 4 is 24.0 Å². The Balaban J connectivity index is 2.64. The van der Waals surface area contributed by atoms with Crippen molar-refractivity contribution in [3.8, 4) is 0 Å². The number of benzene rings is 2. The summed E-state index contributed by atoms with van der Waals surface area (Å²) < 4.78 is 4.84. The summed E-state index contributed by atoms with van der Waals surface area (Å²) in [5.41, 5.74) is 0. The van der Waals surface area contributed by atoms with Gasteiger partial charge in [0.15, 0.2) is 0 Å². The van der Waals surface area contributed by atoms with E-state index in [0.717, 1.165) is 17.0 Å². The molecule has 0 amide bonds. The predicted molar refractivity (Wildman–Crippen MR) is 67.6 cm³/mol. The van der Waals surface area contributed by atoms with Crippen LogP contribution in [-0.4, -0.2) is 9.79 Å². The zero-order chi connectivity index (χ0) is 11.6. The van der Waals surface area contributed by atoms with Gasteiger partial charge in [-0.05, 0) is 0 Å². The SMILES string of the molecule is C=CO[PH](O)(O)c1cccc2ccccc12. The van der Waals surface area contributed by atoms with Crippen LogP contribution in [0, 0.1) is 0 Å². The molecule has 0 spiro atoms. The van der Waals surface area contributed by atoms with Gasteiger partial charge < -0.3 is 0 Å². The van der Waals surface area contributed by atoms with Crippen LogP contribution >= 0.6 is 7.94 Å². The number of rotatable bonds is 3. The Labute approximate surface area is 94.2 Å². The number of hydrogen-bond donors (Lipinski definition) is 2. The zero-order valence-corrected chi connectivity index (χ0v) is 9.63. The monoisotopic (exact) mass is 236 g/mol. The molecule has 0 aromatic heterocycles. The van der Waals surface area contributed by atoms with Gasteiger partial charge in [0.05, 0.1) is 0 Å². The second-order valence-electron chi connectivity index (χ2n) is 3.42. The molecule has 0 saturated heterocycles. The summed E-state index contributed by atoms with van der Waals surface area (Å²) in [6.07, 6.45) is 1.06. The molecule has 0 saturated carbocycles. The van der Waals surface area contributed by atoms with Crippen molar-refractivity contribution in [1.29, 1.82) is 0 Å². The third kappa shape index (κ3) is 1.93. The molecule has 2 rings (SSSR count). The van der Waals surface area contributed by atoms with E-state index >= 15 is 0 Å². The molecule has 0 radical (unpaired) electrons. The summed E-state index contributed by atoms with van der Waals surface area (Å²) in [5.74, 6) is 0. The molecule has 0 aliphatic heterocycles. The third-order valence-electron chi connectivity index (χ3n) is 2.39. The van der Waals surface area contributed by atoms with Gasteiger partial charge in [-0.1, -0.05) is 0 Å². The summed E-state index contributed by atoms with van der Waals surface area (Å²) in [7, 11) is -3.86. The van der Waals surface area contributed by atoms with E-state index in [9.17, 15) is 9.79 Å². The normalized spacial score (nSPS) is 12.4. The Morgan fingerprint density at radius 1 is 1.06 bits per heavy atom. The molecule has 0 fully saturated rings. The van der Waals surface area contributed by atoms with Crippen molar-refractivity contribution in [1.82, 2.24) is 0 Å². The van der Waals surface area contributed by atoms with E-state index < -0.39 is 7.94 Å². The molecule has 3 nitrogen and oxygen atoms in total. The van der Waals surface area contributed by atoms with Crippen LogP contribution in [0.2, 0.25) is 0 Å². The molecule has 0 aliphatic rings. The summed E-state index contributed by atoms with van der Waals surface area (Å²) in [5, 5.41) is 2.18. The van der Waals surface area contributed by atoms with Gasteiger partial charge in [0.25, 0.3) is 0 Å². The molecule has 4 heteroatoms. The molecule has 2 N–H and O–H groups in total. The van der Waals surface area contributed by atoms with Gasteiger partial charge >= 0.3 is 93.6 Å². The topological polar surface area (TPSA) is 49.7 Å². The van der Waals surface area contributed by atoms with E-state index in [1.165, 1.54) is 0 Å². The summed E-state index contributed by atoms with van der Waals surface area (Å²) in [6.45, 7) is 3.34. The second kappa shape index (κ2) is 4.22. The van der Waals surface area contributed by atoms with Gasteiger partial charge in [-0.15, -0.1) is 0 Å². The quantitative estimate of drug-likeness (QED) is 0.633. The van der Waals surface area contributed by atoms with Gasteiger partial charge in [0.2, 0.25) is 0 Å². The predicted octanol–water partition coefficient (Wildman–Crippen LogP) is 2.10. The average Bonchev–Trinajstić information content (AvgIpc) is 2.28. The van der Waals surface area contributed by atoms with E-state index in [0.29, 0.717) is 5.30 Å². The Morgan fingerprint density at radius 3 is 2.50 bits per heavy atom. The van der Waals surface area contributed by atoms with Gasteiger partial charge in [0.1, 0.15) is 0 Å².